The van der Waals surface area contributed by atoms with Gasteiger partial charge in [0.05, 0.1) is 54.9 Å². The number of aliphatic hydroxyl groups excluding tert-OH is 8. The second-order valence-corrected chi connectivity index (χ2v) is 13.5. The first-order valence-electron chi connectivity index (χ1n) is 16.8. The Labute approximate surface area is 279 Å². The number of carbonyl (C=O) groups is 1. The zero-order valence-corrected chi connectivity index (χ0v) is 28.1. The molecule has 268 valence electrons. The third kappa shape index (κ3) is 15.7. The number of aliphatic hydroxyl groups is 8. The van der Waals surface area contributed by atoms with Crippen LogP contribution >= 0.6 is 0 Å². The molecule has 11 nitrogen and oxygen atoms in total. The van der Waals surface area contributed by atoms with Gasteiger partial charge in [0.25, 0.3) is 0 Å². The molecule has 13 atom stereocenters. The summed E-state index contributed by atoms with van der Waals surface area (Å²) in [5.74, 6) is -1.16. The van der Waals surface area contributed by atoms with Gasteiger partial charge in [-0.05, 0) is 38.0 Å². The highest BCUT2D eigenvalue weighted by atomic mass is 16.5. The summed E-state index contributed by atoms with van der Waals surface area (Å²) in [6.07, 6.45) is 6.66. The summed E-state index contributed by atoms with van der Waals surface area (Å²) < 4.78 is 11.6. The zero-order valence-electron chi connectivity index (χ0n) is 28.1. The summed E-state index contributed by atoms with van der Waals surface area (Å²) >= 11 is 0. The average Bonchev–Trinajstić information content (AvgIpc) is 3.34. The van der Waals surface area contributed by atoms with Crippen molar-refractivity contribution >= 4 is 5.97 Å². The summed E-state index contributed by atoms with van der Waals surface area (Å²) in [6.45, 7) is 7.48. The van der Waals surface area contributed by atoms with E-state index in [4.69, 9.17) is 9.47 Å². The molecule has 1 fully saturated rings. The minimum Gasteiger partial charge on any atom is -0.458 e. The van der Waals surface area contributed by atoms with E-state index in [1.807, 2.05) is 20.8 Å². The van der Waals surface area contributed by atoms with Crippen LogP contribution in [-0.2, 0) is 14.3 Å². The van der Waals surface area contributed by atoms with Crippen molar-refractivity contribution in [1.29, 1.82) is 0 Å². The maximum absolute atomic E-state index is 12.5. The monoisotopic (exact) mass is 666 g/mol. The van der Waals surface area contributed by atoms with E-state index in [9.17, 15) is 45.6 Å². The molecule has 0 saturated carbocycles. The maximum Gasteiger partial charge on any atom is 0.331 e. The van der Waals surface area contributed by atoms with Crippen LogP contribution in [0.3, 0.4) is 0 Å². The molecule has 0 aromatic rings. The molecule has 0 aromatic carbocycles. The van der Waals surface area contributed by atoms with Gasteiger partial charge in [0, 0.05) is 30.8 Å². The number of rotatable bonds is 1. The Morgan fingerprint density at radius 2 is 1.13 bits per heavy atom. The first-order chi connectivity index (χ1) is 22.2. The van der Waals surface area contributed by atoms with Gasteiger partial charge in [-0.2, -0.15) is 0 Å². The highest BCUT2D eigenvalue weighted by Gasteiger charge is 2.38. The Bertz CT molecular complexity index is 1050. The lowest BCUT2D eigenvalue weighted by atomic mass is 9.90. The average molecular weight is 667 g/mol. The van der Waals surface area contributed by atoms with Gasteiger partial charge in [-0.1, -0.05) is 82.4 Å². The molecular weight excluding hydrogens is 608 g/mol. The largest absolute Gasteiger partial charge is 0.458 e. The molecule has 2 heterocycles. The van der Waals surface area contributed by atoms with E-state index in [1.165, 1.54) is 12.2 Å². The second-order valence-electron chi connectivity index (χ2n) is 13.5. The van der Waals surface area contributed by atoms with Gasteiger partial charge in [-0.15, -0.1) is 0 Å². The van der Waals surface area contributed by atoms with Crippen LogP contribution in [0, 0.1) is 17.8 Å². The Kier molecular flexibility index (Phi) is 18.3. The summed E-state index contributed by atoms with van der Waals surface area (Å²) in [6, 6.07) is 0. The minimum atomic E-state index is -1.10. The van der Waals surface area contributed by atoms with Crippen LogP contribution in [0.5, 0.6) is 0 Å². The smallest absolute Gasteiger partial charge is 0.331 e. The number of ether oxygens (including phenoxy) is 2. The van der Waals surface area contributed by atoms with E-state index in [0.29, 0.717) is 6.42 Å². The molecule has 8 N–H and O–H groups in total. The molecule has 1 saturated heterocycles. The fourth-order valence-electron chi connectivity index (χ4n) is 6.07. The minimum absolute atomic E-state index is 0.00679. The Morgan fingerprint density at radius 3 is 1.70 bits per heavy atom. The Balaban J connectivity index is 2.14. The number of carbonyl (C=O) groups excluding carboxylic acids is 1. The van der Waals surface area contributed by atoms with Gasteiger partial charge in [0.15, 0.2) is 0 Å². The number of fused-ring (bicyclic) bond motifs is 2. The highest BCUT2D eigenvalue weighted by molar-refractivity contribution is 5.82. The summed E-state index contributed by atoms with van der Waals surface area (Å²) in [4.78, 5) is 12.5. The molecule has 0 radical (unpaired) electrons. The molecule has 2 aliphatic rings. The lowest BCUT2D eigenvalue weighted by Gasteiger charge is -2.27. The Hall–Kier alpha value is -2.19. The fraction of sp³-hybridized carbons (Fsp3) is 0.694. The lowest BCUT2D eigenvalue weighted by molar-refractivity contribution is -0.147. The molecule has 47 heavy (non-hydrogen) atoms. The molecule has 2 rings (SSSR count). The molecular formula is C36H58O11. The van der Waals surface area contributed by atoms with Gasteiger partial charge < -0.3 is 50.3 Å². The predicted molar refractivity (Wildman–Crippen MR) is 178 cm³/mol. The van der Waals surface area contributed by atoms with Gasteiger partial charge >= 0.3 is 5.97 Å². The first-order valence-corrected chi connectivity index (χ1v) is 16.8. The molecule has 0 amide bonds. The van der Waals surface area contributed by atoms with Crippen LogP contribution in [0.4, 0.5) is 0 Å². The van der Waals surface area contributed by atoms with Gasteiger partial charge in [-0.25, -0.2) is 4.79 Å². The van der Waals surface area contributed by atoms with E-state index in [2.05, 4.69) is 0 Å². The van der Waals surface area contributed by atoms with Crippen LogP contribution in [0.1, 0.15) is 72.6 Å². The van der Waals surface area contributed by atoms with Crippen molar-refractivity contribution in [2.75, 3.05) is 0 Å². The van der Waals surface area contributed by atoms with Crippen molar-refractivity contribution in [2.45, 2.75) is 140 Å². The summed E-state index contributed by atoms with van der Waals surface area (Å²) in [5.41, 5.74) is 0. The molecule has 0 spiro atoms. The third-order valence-corrected chi connectivity index (χ3v) is 8.74. The van der Waals surface area contributed by atoms with Gasteiger partial charge in [0.1, 0.15) is 12.2 Å². The number of esters is 1. The van der Waals surface area contributed by atoms with E-state index < -0.39 is 79.0 Å². The number of cyclic esters (lactones) is 1. The summed E-state index contributed by atoms with van der Waals surface area (Å²) in [5, 5.41) is 83.8. The topological polar surface area (TPSA) is 197 Å². The van der Waals surface area contributed by atoms with Gasteiger partial charge in [0.2, 0.25) is 0 Å². The van der Waals surface area contributed by atoms with Crippen LogP contribution < -0.4 is 0 Å². The van der Waals surface area contributed by atoms with E-state index in [0.717, 1.165) is 0 Å². The van der Waals surface area contributed by atoms with Crippen molar-refractivity contribution in [2.24, 2.45) is 17.8 Å². The van der Waals surface area contributed by atoms with Crippen molar-refractivity contribution in [3.8, 4) is 0 Å². The van der Waals surface area contributed by atoms with Crippen LogP contribution in [0.2, 0.25) is 0 Å². The number of hydrogen-bond donors (Lipinski definition) is 8. The van der Waals surface area contributed by atoms with Crippen molar-refractivity contribution in [3.05, 3.63) is 60.8 Å². The van der Waals surface area contributed by atoms with Crippen molar-refractivity contribution in [1.82, 2.24) is 0 Å². The SMILES string of the molecule is CC(C)[C@@H]1OC(=O)/C=C/C=C/C=C/C=C/[C@@H]2O[C@H](C[C@H]2O)[C@H](C)[C@H](O)C[C@H](O)C[C@H](O)C[C@@H](O)C[C@H](O)C[C@@H](O)C[C@@H](O)/C=C/[C@@H]1C. The van der Waals surface area contributed by atoms with Crippen LogP contribution in [-0.4, -0.2) is 114 Å². The third-order valence-electron chi connectivity index (χ3n) is 8.74. The predicted octanol–water partition coefficient (Wildman–Crippen LogP) is 2.01. The fourth-order valence-corrected chi connectivity index (χ4v) is 6.07. The molecule has 0 aliphatic carbocycles. The standard InChI is InChI=1S/C36H58O11/c1-22(2)36-23(3)13-14-25(37)15-26(38)16-27(39)17-28(40)18-29(41)19-30(42)20-31(43)24(4)34-21-32(44)33(46-34)11-9-7-5-6-8-10-12-35(45)47-36/h5-14,22-34,36-44H,15-21H2,1-4H3/b7-5+,8-6+,11-9+,12-10+,14-13+/t23-,24+,25-,26-,27+,28-,29+,30+,31+,32+,33-,34+,36-/m0/s1. The summed E-state index contributed by atoms with van der Waals surface area (Å²) in [7, 11) is 0. The lowest BCUT2D eigenvalue weighted by Crippen LogP contribution is -2.34. The van der Waals surface area contributed by atoms with E-state index in [1.54, 1.807) is 55.5 Å². The quantitative estimate of drug-likeness (QED) is 0.151. The molecule has 11 heteroatoms. The number of allylic oxidation sites excluding steroid dienone is 6. The van der Waals surface area contributed by atoms with Crippen LogP contribution in [0.25, 0.3) is 0 Å². The first kappa shape index (κ1) is 41.0. The molecule has 2 aliphatic heterocycles. The van der Waals surface area contributed by atoms with E-state index >= 15 is 0 Å². The maximum atomic E-state index is 12.5. The zero-order chi connectivity index (χ0) is 35.1. The molecule has 2 bridgehead atoms. The van der Waals surface area contributed by atoms with Crippen molar-refractivity contribution < 1.29 is 55.1 Å². The van der Waals surface area contributed by atoms with Crippen LogP contribution in [0.15, 0.2) is 60.8 Å². The normalized spacial score (nSPS) is 43.3. The van der Waals surface area contributed by atoms with Gasteiger partial charge in [-0.3, -0.25) is 0 Å². The second kappa shape index (κ2) is 21.0. The van der Waals surface area contributed by atoms with E-state index in [-0.39, 0.29) is 50.4 Å². The Morgan fingerprint density at radius 1 is 0.617 bits per heavy atom. The number of hydrogen-bond acceptors (Lipinski definition) is 11. The molecule has 0 aromatic heterocycles. The van der Waals surface area contributed by atoms with Crippen molar-refractivity contribution in [3.63, 3.8) is 0 Å². The molecule has 0 unspecified atom stereocenters. The highest BCUT2D eigenvalue weighted by Crippen LogP contribution is 2.30.